The molecular formula is C18H27N3. The summed E-state index contributed by atoms with van der Waals surface area (Å²) in [7, 11) is 0. The Hall–Kier alpha value is -1.77. The fraction of sp³-hybridized carbons (Fsp3) is 0.500. The normalized spacial score (nSPS) is 13.4. The van der Waals surface area contributed by atoms with Crippen molar-refractivity contribution in [3.8, 4) is 11.4 Å². The van der Waals surface area contributed by atoms with Gasteiger partial charge in [0.05, 0.1) is 5.69 Å². The first-order valence-corrected chi connectivity index (χ1v) is 7.80. The van der Waals surface area contributed by atoms with Crippen LogP contribution in [0.2, 0.25) is 0 Å². The lowest BCUT2D eigenvalue weighted by atomic mass is 10.0. The fourth-order valence-corrected chi connectivity index (χ4v) is 2.84. The Bertz CT molecular complexity index is 591. The molecule has 0 saturated carbocycles. The van der Waals surface area contributed by atoms with Crippen molar-refractivity contribution in [1.82, 2.24) is 9.55 Å². The zero-order chi connectivity index (χ0) is 15.6. The SMILES string of the molecule is CCCC(C)c1nc(-c2ccccc2)n(C(C)(C)C)c1N. The molecule has 0 aliphatic heterocycles. The summed E-state index contributed by atoms with van der Waals surface area (Å²) >= 11 is 0. The van der Waals surface area contributed by atoms with Gasteiger partial charge in [-0.25, -0.2) is 4.98 Å². The summed E-state index contributed by atoms with van der Waals surface area (Å²) in [6.07, 6.45) is 2.25. The molecule has 1 heterocycles. The molecule has 2 rings (SSSR count). The lowest BCUT2D eigenvalue weighted by molar-refractivity contribution is 0.406. The van der Waals surface area contributed by atoms with E-state index < -0.39 is 0 Å². The molecule has 0 aliphatic rings. The number of imidazole rings is 1. The summed E-state index contributed by atoms with van der Waals surface area (Å²) in [5, 5.41) is 0. The highest BCUT2D eigenvalue weighted by Crippen LogP contribution is 2.35. The molecule has 1 unspecified atom stereocenters. The molecule has 0 aliphatic carbocycles. The molecule has 0 radical (unpaired) electrons. The summed E-state index contributed by atoms with van der Waals surface area (Å²) in [6, 6.07) is 10.3. The minimum atomic E-state index is -0.0908. The third-order valence-electron chi connectivity index (χ3n) is 3.83. The number of hydrogen-bond donors (Lipinski definition) is 1. The number of benzene rings is 1. The van der Waals surface area contributed by atoms with Crippen molar-refractivity contribution >= 4 is 5.82 Å². The van der Waals surface area contributed by atoms with Crippen LogP contribution in [0.1, 0.15) is 59.1 Å². The van der Waals surface area contributed by atoms with Gasteiger partial charge in [-0.3, -0.25) is 0 Å². The van der Waals surface area contributed by atoms with Gasteiger partial charge in [-0.05, 0) is 27.2 Å². The molecule has 1 aromatic heterocycles. The summed E-state index contributed by atoms with van der Waals surface area (Å²) in [4.78, 5) is 4.90. The molecule has 0 amide bonds. The van der Waals surface area contributed by atoms with Gasteiger partial charge in [0, 0.05) is 17.0 Å². The van der Waals surface area contributed by atoms with Crippen LogP contribution in [0, 0.1) is 0 Å². The van der Waals surface area contributed by atoms with Crippen LogP contribution in [-0.2, 0) is 5.54 Å². The van der Waals surface area contributed by atoms with Crippen LogP contribution in [0.3, 0.4) is 0 Å². The topological polar surface area (TPSA) is 43.8 Å². The van der Waals surface area contributed by atoms with E-state index in [1.807, 2.05) is 18.2 Å². The first kappa shape index (κ1) is 15.6. The molecule has 21 heavy (non-hydrogen) atoms. The summed E-state index contributed by atoms with van der Waals surface area (Å²) in [6.45, 7) is 10.9. The first-order valence-electron chi connectivity index (χ1n) is 7.80. The van der Waals surface area contributed by atoms with Crippen LogP contribution in [0.5, 0.6) is 0 Å². The van der Waals surface area contributed by atoms with Gasteiger partial charge in [-0.15, -0.1) is 0 Å². The third kappa shape index (κ3) is 3.12. The Morgan fingerprint density at radius 2 is 1.81 bits per heavy atom. The number of aromatic nitrogens is 2. The predicted octanol–water partition coefficient (Wildman–Crippen LogP) is 4.79. The number of nitrogens with two attached hydrogens (primary N) is 1. The molecule has 1 aromatic carbocycles. The second-order valence-corrected chi connectivity index (χ2v) is 6.77. The first-order chi connectivity index (χ1) is 9.86. The molecule has 3 heteroatoms. The van der Waals surface area contributed by atoms with E-state index in [1.165, 1.54) is 0 Å². The van der Waals surface area contributed by atoms with Gasteiger partial charge in [0.2, 0.25) is 0 Å². The highest BCUT2D eigenvalue weighted by Gasteiger charge is 2.26. The Kier molecular flexibility index (Phi) is 4.40. The Balaban J connectivity index is 2.61. The van der Waals surface area contributed by atoms with Crippen molar-refractivity contribution in [2.24, 2.45) is 0 Å². The van der Waals surface area contributed by atoms with Crippen LogP contribution < -0.4 is 5.73 Å². The van der Waals surface area contributed by atoms with E-state index in [2.05, 4.69) is 51.3 Å². The van der Waals surface area contributed by atoms with Gasteiger partial charge < -0.3 is 10.3 Å². The Morgan fingerprint density at radius 1 is 1.19 bits per heavy atom. The lowest BCUT2D eigenvalue weighted by Crippen LogP contribution is -2.24. The minimum Gasteiger partial charge on any atom is -0.384 e. The highest BCUT2D eigenvalue weighted by atomic mass is 15.2. The summed E-state index contributed by atoms with van der Waals surface area (Å²) < 4.78 is 2.17. The zero-order valence-electron chi connectivity index (χ0n) is 13.9. The largest absolute Gasteiger partial charge is 0.384 e. The van der Waals surface area contributed by atoms with Gasteiger partial charge in [0.15, 0.2) is 0 Å². The van der Waals surface area contributed by atoms with Gasteiger partial charge in [0.1, 0.15) is 11.6 Å². The van der Waals surface area contributed by atoms with Gasteiger partial charge in [0.25, 0.3) is 0 Å². The smallest absolute Gasteiger partial charge is 0.142 e. The van der Waals surface area contributed by atoms with Crippen molar-refractivity contribution in [1.29, 1.82) is 0 Å². The minimum absolute atomic E-state index is 0.0908. The molecule has 114 valence electrons. The Morgan fingerprint density at radius 3 is 2.33 bits per heavy atom. The second-order valence-electron chi connectivity index (χ2n) is 6.77. The van der Waals surface area contributed by atoms with Crippen LogP contribution in [0.15, 0.2) is 30.3 Å². The quantitative estimate of drug-likeness (QED) is 0.877. The van der Waals surface area contributed by atoms with E-state index in [0.29, 0.717) is 5.92 Å². The van der Waals surface area contributed by atoms with E-state index in [-0.39, 0.29) is 5.54 Å². The van der Waals surface area contributed by atoms with E-state index in [1.54, 1.807) is 0 Å². The van der Waals surface area contributed by atoms with Crippen molar-refractivity contribution < 1.29 is 0 Å². The van der Waals surface area contributed by atoms with Gasteiger partial charge in [-0.1, -0.05) is 50.6 Å². The molecule has 0 saturated heterocycles. The van der Waals surface area contributed by atoms with Gasteiger partial charge in [-0.2, -0.15) is 0 Å². The molecular weight excluding hydrogens is 258 g/mol. The monoisotopic (exact) mass is 285 g/mol. The Labute approximate surface area is 128 Å². The average Bonchev–Trinajstić information content (AvgIpc) is 2.77. The van der Waals surface area contributed by atoms with Gasteiger partial charge >= 0.3 is 0 Å². The van der Waals surface area contributed by atoms with E-state index in [9.17, 15) is 0 Å². The second kappa shape index (κ2) is 5.92. The number of rotatable bonds is 4. The van der Waals surface area contributed by atoms with Crippen LogP contribution in [-0.4, -0.2) is 9.55 Å². The maximum Gasteiger partial charge on any atom is 0.142 e. The van der Waals surface area contributed by atoms with E-state index >= 15 is 0 Å². The third-order valence-corrected chi connectivity index (χ3v) is 3.83. The molecule has 0 bridgehead atoms. The van der Waals surface area contributed by atoms with Crippen LogP contribution in [0.4, 0.5) is 5.82 Å². The molecule has 0 fully saturated rings. The number of hydrogen-bond acceptors (Lipinski definition) is 2. The summed E-state index contributed by atoms with van der Waals surface area (Å²) in [5.74, 6) is 2.17. The molecule has 2 aromatic rings. The molecule has 3 nitrogen and oxygen atoms in total. The van der Waals surface area contributed by atoms with Crippen LogP contribution >= 0.6 is 0 Å². The van der Waals surface area contributed by atoms with Crippen molar-refractivity contribution in [3.05, 3.63) is 36.0 Å². The molecule has 1 atom stereocenters. The maximum atomic E-state index is 6.46. The fourth-order valence-electron chi connectivity index (χ4n) is 2.84. The highest BCUT2D eigenvalue weighted by molar-refractivity contribution is 5.61. The van der Waals surface area contributed by atoms with Crippen molar-refractivity contribution in [3.63, 3.8) is 0 Å². The number of nitrogen functional groups attached to an aromatic ring is 1. The average molecular weight is 285 g/mol. The van der Waals surface area contributed by atoms with Crippen molar-refractivity contribution in [2.75, 3.05) is 5.73 Å². The standard InChI is InChI=1S/C18H27N3/c1-6-10-13(2)15-16(19)21(18(3,4)5)17(20-15)14-11-8-7-9-12-14/h7-9,11-13H,6,10,19H2,1-5H3. The molecule has 2 N–H and O–H groups in total. The zero-order valence-corrected chi connectivity index (χ0v) is 13.9. The summed E-state index contributed by atoms with van der Waals surface area (Å²) in [5.41, 5.74) is 8.52. The number of anilines is 1. The lowest BCUT2D eigenvalue weighted by Gasteiger charge is -2.25. The predicted molar refractivity (Wildman–Crippen MR) is 90.4 cm³/mol. The van der Waals surface area contributed by atoms with Crippen LogP contribution in [0.25, 0.3) is 11.4 Å². The number of nitrogens with zero attached hydrogens (tertiary/aromatic N) is 2. The maximum absolute atomic E-state index is 6.46. The van der Waals surface area contributed by atoms with E-state index in [4.69, 9.17) is 10.7 Å². The van der Waals surface area contributed by atoms with Crippen molar-refractivity contribution in [2.45, 2.75) is 58.9 Å². The van der Waals surface area contributed by atoms with E-state index in [0.717, 1.165) is 35.7 Å². The molecule has 0 spiro atoms.